The van der Waals surface area contributed by atoms with Crippen molar-refractivity contribution in [2.75, 3.05) is 13.7 Å². The molecule has 4 nitrogen and oxygen atoms in total. The quantitative estimate of drug-likeness (QED) is 0.623. The van der Waals surface area contributed by atoms with Gasteiger partial charge in [0.2, 0.25) is 0 Å². The lowest BCUT2D eigenvalue weighted by Crippen LogP contribution is -2.24. The van der Waals surface area contributed by atoms with Gasteiger partial charge in [0.05, 0.1) is 18.3 Å². The molecule has 1 amide bonds. The third kappa shape index (κ3) is 2.89. The first-order chi connectivity index (χ1) is 10.4. The zero-order chi connectivity index (χ0) is 16.4. The normalized spacial score (nSPS) is 16.7. The van der Waals surface area contributed by atoms with Gasteiger partial charge in [-0.3, -0.25) is 4.79 Å². The number of rotatable bonds is 3. The first-order valence-electron chi connectivity index (χ1n) is 6.68. The number of ether oxygens (including phenoxy) is 1. The van der Waals surface area contributed by atoms with Gasteiger partial charge in [-0.15, -0.1) is 0 Å². The molecule has 6 heteroatoms. The van der Waals surface area contributed by atoms with Crippen molar-refractivity contribution >= 4 is 41.2 Å². The van der Waals surface area contributed by atoms with E-state index < -0.39 is 5.97 Å². The average Bonchev–Trinajstić information content (AvgIpc) is 2.71. The summed E-state index contributed by atoms with van der Waals surface area (Å²) in [6, 6.07) is 4.95. The number of carbonyl (C=O) groups is 2. The Kier molecular flexibility index (Phi) is 4.94. The lowest BCUT2D eigenvalue weighted by atomic mass is 10.0. The summed E-state index contributed by atoms with van der Waals surface area (Å²) in [5.41, 5.74) is 1.73. The van der Waals surface area contributed by atoms with Crippen molar-refractivity contribution in [3.05, 3.63) is 50.7 Å². The first kappa shape index (κ1) is 16.6. The lowest BCUT2D eigenvalue weighted by Gasteiger charge is -2.14. The van der Waals surface area contributed by atoms with Gasteiger partial charge in [-0.25, -0.2) is 4.79 Å². The van der Waals surface area contributed by atoms with E-state index in [1.807, 2.05) is 6.92 Å². The zero-order valence-corrected chi connectivity index (χ0v) is 14.0. The van der Waals surface area contributed by atoms with E-state index in [1.54, 1.807) is 31.2 Å². The summed E-state index contributed by atoms with van der Waals surface area (Å²) < 4.78 is 4.79. The number of likely N-dealkylation sites (N-methyl/N-ethyl adjacent to an activating group) is 1. The first-order valence-corrected chi connectivity index (χ1v) is 7.44. The van der Waals surface area contributed by atoms with Crippen LogP contribution in [0.15, 0.2) is 35.0 Å². The van der Waals surface area contributed by atoms with Gasteiger partial charge in [0.25, 0.3) is 5.91 Å². The molecule has 0 radical (unpaired) electrons. The molecule has 1 aromatic rings. The van der Waals surface area contributed by atoms with E-state index in [9.17, 15) is 9.59 Å². The molecule has 0 fully saturated rings. The molecule has 0 bridgehead atoms. The molecule has 1 aliphatic rings. The summed E-state index contributed by atoms with van der Waals surface area (Å²) in [6.45, 7) is 4.03. The number of hydrogen-bond acceptors (Lipinski definition) is 3. The molecular formula is C16H15Cl2NO3. The Hall–Kier alpha value is -1.78. The molecule has 2 rings (SSSR count). The van der Waals surface area contributed by atoms with Crippen molar-refractivity contribution in [3.8, 4) is 0 Å². The van der Waals surface area contributed by atoms with Gasteiger partial charge >= 0.3 is 5.97 Å². The van der Waals surface area contributed by atoms with Crippen molar-refractivity contribution in [2.24, 2.45) is 0 Å². The summed E-state index contributed by atoms with van der Waals surface area (Å²) in [6.07, 6.45) is 1.59. The number of methoxy groups -OCH3 is 1. The minimum absolute atomic E-state index is 0.244. The van der Waals surface area contributed by atoms with E-state index in [-0.39, 0.29) is 17.1 Å². The molecule has 22 heavy (non-hydrogen) atoms. The minimum Gasteiger partial charge on any atom is -0.465 e. The Balaban J connectivity index is 2.58. The number of nitrogens with zero attached hydrogens (tertiary/aromatic N) is 1. The molecule has 1 aliphatic heterocycles. The van der Waals surface area contributed by atoms with Crippen LogP contribution < -0.4 is 0 Å². The van der Waals surface area contributed by atoms with Crippen LogP contribution in [0, 0.1) is 0 Å². The predicted octanol–water partition coefficient (Wildman–Crippen LogP) is 3.69. The largest absolute Gasteiger partial charge is 0.465 e. The van der Waals surface area contributed by atoms with Crippen molar-refractivity contribution in [1.29, 1.82) is 0 Å². The van der Waals surface area contributed by atoms with E-state index in [1.165, 1.54) is 12.0 Å². The predicted molar refractivity (Wildman–Crippen MR) is 86.5 cm³/mol. The molecule has 0 atom stereocenters. The van der Waals surface area contributed by atoms with Crippen molar-refractivity contribution in [2.45, 2.75) is 13.8 Å². The summed E-state index contributed by atoms with van der Waals surface area (Å²) in [5.74, 6) is -0.787. The topological polar surface area (TPSA) is 46.6 Å². The van der Waals surface area contributed by atoms with E-state index in [0.717, 1.165) is 0 Å². The van der Waals surface area contributed by atoms with Crippen LogP contribution in [0.4, 0.5) is 0 Å². The zero-order valence-electron chi connectivity index (χ0n) is 12.4. The summed E-state index contributed by atoms with van der Waals surface area (Å²) in [5, 5.41) is 0.907. The molecule has 0 N–H and O–H groups in total. The molecule has 1 aromatic carbocycles. The van der Waals surface area contributed by atoms with Gasteiger partial charge in [-0.2, -0.15) is 0 Å². The number of esters is 1. The Morgan fingerprint density at radius 2 is 2.05 bits per heavy atom. The van der Waals surface area contributed by atoms with E-state index in [0.29, 0.717) is 27.9 Å². The molecule has 0 saturated heterocycles. The molecule has 0 unspecified atom stereocenters. The van der Waals surface area contributed by atoms with Crippen LogP contribution in [0.2, 0.25) is 10.0 Å². The maximum Gasteiger partial charge on any atom is 0.340 e. The van der Waals surface area contributed by atoms with Gasteiger partial charge in [0, 0.05) is 22.3 Å². The average molecular weight is 340 g/mol. The van der Waals surface area contributed by atoms with Gasteiger partial charge < -0.3 is 9.64 Å². The van der Waals surface area contributed by atoms with Crippen LogP contribution in [-0.2, 0) is 14.3 Å². The summed E-state index contributed by atoms with van der Waals surface area (Å²) >= 11 is 12.0. The maximum atomic E-state index is 12.5. The molecular weight excluding hydrogens is 325 g/mol. The van der Waals surface area contributed by atoms with Gasteiger partial charge in [0.15, 0.2) is 0 Å². The number of amides is 1. The Bertz CT molecular complexity index is 707. The fourth-order valence-corrected chi connectivity index (χ4v) is 2.85. The van der Waals surface area contributed by atoms with Crippen LogP contribution in [0.25, 0.3) is 6.08 Å². The Labute approximate surface area is 138 Å². The standard InChI is InChI=1S/C16H15Cl2NO3/c1-4-19-9(2)14(16(21)22-3)12(15(19)20)7-10-5-6-11(17)8-13(10)18/h5-8H,4H2,1-3H3. The second-order valence-corrected chi connectivity index (χ2v) is 5.57. The molecule has 1 heterocycles. The van der Waals surface area contributed by atoms with E-state index in [2.05, 4.69) is 0 Å². The van der Waals surface area contributed by atoms with E-state index in [4.69, 9.17) is 27.9 Å². The van der Waals surface area contributed by atoms with Gasteiger partial charge in [-0.1, -0.05) is 29.3 Å². The van der Waals surface area contributed by atoms with Crippen LogP contribution in [0.1, 0.15) is 19.4 Å². The van der Waals surface area contributed by atoms with Gasteiger partial charge in [0.1, 0.15) is 0 Å². The van der Waals surface area contributed by atoms with E-state index >= 15 is 0 Å². The van der Waals surface area contributed by atoms with Gasteiger partial charge in [-0.05, 0) is 37.6 Å². The van der Waals surface area contributed by atoms with Crippen molar-refractivity contribution < 1.29 is 14.3 Å². The third-order valence-electron chi connectivity index (χ3n) is 3.48. The number of halogens is 2. The fourth-order valence-electron chi connectivity index (χ4n) is 2.38. The smallest absolute Gasteiger partial charge is 0.340 e. The molecule has 0 saturated carbocycles. The summed E-state index contributed by atoms with van der Waals surface area (Å²) in [4.78, 5) is 26.0. The number of allylic oxidation sites excluding steroid dienone is 1. The minimum atomic E-state index is -0.543. The highest BCUT2D eigenvalue weighted by molar-refractivity contribution is 6.35. The van der Waals surface area contributed by atoms with Crippen LogP contribution in [0.5, 0.6) is 0 Å². The highest BCUT2D eigenvalue weighted by Crippen LogP contribution is 2.33. The van der Waals surface area contributed by atoms with Crippen LogP contribution in [-0.4, -0.2) is 30.4 Å². The fraction of sp³-hybridized carbons (Fsp3) is 0.250. The number of carbonyl (C=O) groups excluding carboxylic acids is 2. The maximum absolute atomic E-state index is 12.5. The molecule has 0 spiro atoms. The second kappa shape index (κ2) is 6.55. The second-order valence-electron chi connectivity index (χ2n) is 4.73. The Morgan fingerprint density at radius 3 is 2.59 bits per heavy atom. The molecule has 116 valence electrons. The molecule has 0 aromatic heterocycles. The third-order valence-corrected chi connectivity index (χ3v) is 4.04. The monoisotopic (exact) mass is 339 g/mol. The molecule has 0 aliphatic carbocycles. The Morgan fingerprint density at radius 1 is 1.36 bits per heavy atom. The highest BCUT2D eigenvalue weighted by atomic mass is 35.5. The van der Waals surface area contributed by atoms with Crippen molar-refractivity contribution in [3.63, 3.8) is 0 Å². The SMILES string of the molecule is CCN1C(=O)C(=Cc2ccc(Cl)cc2Cl)C(C(=O)OC)=C1C. The van der Waals surface area contributed by atoms with Crippen LogP contribution in [0.3, 0.4) is 0 Å². The lowest BCUT2D eigenvalue weighted by molar-refractivity contribution is -0.136. The number of benzene rings is 1. The highest BCUT2D eigenvalue weighted by Gasteiger charge is 2.36. The number of hydrogen-bond donors (Lipinski definition) is 0. The summed E-state index contributed by atoms with van der Waals surface area (Å²) in [7, 11) is 1.29. The van der Waals surface area contributed by atoms with Crippen LogP contribution >= 0.6 is 23.2 Å². The van der Waals surface area contributed by atoms with Crippen molar-refractivity contribution in [1.82, 2.24) is 4.90 Å².